The van der Waals surface area contributed by atoms with Crippen molar-refractivity contribution in [2.75, 3.05) is 19.6 Å². The van der Waals surface area contributed by atoms with Crippen LogP contribution in [0.25, 0.3) is 0 Å². The molecule has 0 saturated heterocycles. The highest BCUT2D eigenvalue weighted by molar-refractivity contribution is 5.74. The summed E-state index contributed by atoms with van der Waals surface area (Å²) in [6, 6.07) is -0.0761. The SMILES string of the molecule is CCN(CC(C)C)C(=O)NCC1(CC(=O)O)CCC1. The third kappa shape index (κ3) is 4.73. The Hall–Kier alpha value is -1.26. The summed E-state index contributed by atoms with van der Waals surface area (Å²) in [5.41, 5.74) is -0.210. The fourth-order valence-corrected chi connectivity index (χ4v) is 2.58. The molecule has 1 aliphatic carbocycles. The van der Waals surface area contributed by atoms with Crippen molar-refractivity contribution in [2.45, 2.75) is 46.5 Å². The van der Waals surface area contributed by atoms with Crippen LogP contribution in [0.15, 0.2) is 0 Å². The number of hydrogen-bond donors (Lipinski definition) is 2. The Kier molecular flexibility index (Phi) is 5.63. The van der Waals surface area contributed by atoms with Gasteiger partial charge in [-0.2, -0.15) is 0 Å². The average molecular weight is 270 g/mol. The van der Waals surface area contributed by atoms with E-state index in [4.69, 9.17) is 5.11 Å². The van der Waals surface area contributed by atoms with Gasteiger partial charge in [-0.1, -0.05) is 20.3 Å². The van der Waals surface area contributed by atoms with E-state index in [1.54, 1.807) is 4.90 Å². The lowest BCUT2D eigenvalue weighted by atomic mass is 9.66. The van der Waals surface area contributed by atoms with Gasteiger partial charge < -0.3 is 15.3 Å². The largest absolute Gasteiger partial charge is 0.481 e. The Labute approximate surface area is 115 Å². The smallest absolute Gasteiger partial charge is 0.317 e. The first-order valence-corrected chi connectivity index (χ1v) is 7.13. The van der Waals surface area contributed by atoms with E-state index in [1.165, 1.54) is 0 Å². The second-order valence-electron chi connectivity index (χ2n) is 6.02. The second-order valence-corrected chi connectivity index (χ2v) is 6.02. The molecule has 0 radical (unpaired) electrons. The molecule has 0 atom stereocenters. The molecular formula is C14H26N2O3. The van der Waals surface area contributed by atoms with Crippen molar-refractivity contribution in [3.05, 3.63) is 0 Å². The number of carbonyl (C=O) groups is 2. The van der Waals surface area contributed by atoms with Gasteiger partial charge in [0.1, 0.15) is 0 Å². The van der Waals surface area contributed by atoms with Gasteiger partial charge in [0.25, 0.3) is 0 Å². The maximum absolute atomic E-state index is 12.0. The molecular weight excluding hydrogens is 244 g/mol. The van der Waals surface area contributed by atoms with E-state index in [2.05, 4.69) is 19.2 Å². The van der Waals surface area contributed by atoms with Crippen LogP contribution in [0.5, 0.6) is 0 Å². The fraction of sp³-hybridized carbons (Fsp3) is 0.857. The van der Waals surface area contributed by atoms with Crippen LogP contribution in [0, 0.1) is 11.3 Å². The first-order valence-electron chi connectivity index (χ1n) is 7.13. The topological polar surface area (TPSA) is 69.6 Å². The zero-order valence-corrected chi connectivity index (χ0v) is 12.2. The number of urea groups is 1. The second kappa shape index (κ2) is 6.78. The van der Waals surface area contributed by atoms with Crippen LogP contribution >= 0.6 is 0 Å². The summed E-state index contributed by atoms with van der Waals surface area (Å²) in [4.78, 5) is 24.7. The van der Waals surface area contributed by atoms with Crippen LogP contribution in [0.1, 0.15) is 46.5 Å². The number of amides is 2. The standard InChI is InChI=1S/C14H26N2O3/c1-4-16(9-11(2)3)13(19)15-10-14(6-5-7-14)8-12(17)18/h11H,4-10H2,1-3H3,(H,15,19)(H,17,18). The molecule has 0 aromatic rings. The Balaban J connectivity index is 2.45. The minimum Gasteiger partial charge on any atom is -0.481 e. The number of aliphatic carboxylic acids is 1. The monoisotopic (exact) mass is 270 g/mol. The predicted molar refractivity (Wildman–Crippen MR) is 74.0 cm³/mol. The summed E-state index contributed by atoms with van der Waals surface area (Å²) in [5, 5.41) is 11.8. The minimum atomic E-state index is -0.775. The molecule has 1 saturated carbocycles. The summed E-state index contributed by atoms with van der Waals surface area (Å²) < 4.78 is 0. The molecule has 0 bridgehead atoms. The van der Waals surface area contributed by atoms with E-state index >= 15 is 0 Å². The zero-order valence-electron chi connectivity index (χ0n) is 12.2. The molecule has 0 heterocycles. The van der Waals surface area contributed by atoms with Crippen LogP contribution in [-0.2, 0) is 4.79 Å². The van der Waals surface area contributed by atoms with Crippen molar-refractivity contribution >= 4 is 12.0 Å². The minimum absolute atomic E-state index is 0.0761. The number of nitrogens with one attached hydrogen (secondary N) is 1. The van der Waals surface area contributed by atoms with E-state index in [0.29, 0.717) is 19.0 Å². The van der Waals surface area contributed by atoms with Gasteiger partial charge in [0.05, 0.1) is 6.42 Å². The third-order valence-corrected chi connectivity index (χ3v) is 3.81. The molecule has 110 valence electrons. The van der Waals surface area contributed by atoms with Crippen molar-refractivity contribution in [1.29, 1.82) is 0 Å². The average Bonchev–Trinajstić information content (AvgIpc) is 2.28. The normalized spacial score (nSPS) is 16.8. The lowest BCUT2D eigenvalue weighted by Gasteiger charge is -2.41. The van der Waals surface area contributed by atoms with E-state index in [0.717, 1.165) is 25.8 Å². The van der Waals surface area contributed by atoms with E-state index in [-0.39, 0.29) is 17.9 Å². The Morgan fingerprint density at radius 3 is 2.37 bits per heavy atom. The summed E-state index contributed by atoms with van der Waals surface area (Å²) in [6.07, 6.45) is 3.02. The van der Waals surface area contributed by atoms with Crippen LogP contribution < -0.4 is 5.32 Å². The molecule has 1 aliphatic rings. The quantitative estimate of drug-likeness (QED) is 0.746. The first-order chi connectivity index (χ1) is 8.88. The number of carboxylic acid groups (broad SMARTS) is 1. The van der Waals surface area contributed by atoms with Gasteiger partial charge in [0.2, 0.25) is 0 Å². The lowest BCUT2D eigenvalue weighted by molar-refractivity contribution is -0.141. The Morgan fingerprint density at radius 2 is 2.00 bits per heavy atom. The number of hydrogen-bond acceptors (Lipinski definition) is 2. The van der Waals surface area contributed by atoms with Crippen molar-refractivity contribution in [3.63, 3.8) is 0 Å². The fourth-order valence-electron chi connectivity index (χ4n) is 2.58. The summed E-state index contributed by atoms with van der Waals surface area (Å²) in [7, 11) is 0. The molecule has 5 nitrogen and oxygen atoms in total. The summed E-state index contributed by atoms with van der Waals surface area (Å²) >= 11 is 0. The summed E-state index contributed by atoms with van der Waals surface area (Å²) in [5.74, 6) is -0.342. The van der Waals surface area contributed by atoms with Gasteiger partial charge in [-0.15, -0.1) is 0 Å². The molecule has 2 N–H and O–H groups in total. The zero-order chi connectivity index (χ0) is 14.5. The molecule has 0 spiro atoms. The van der Waals surface area contributed by atoms with Crippen molar-refractivity contribution in [3.8, 4) is 0 Å². The van der Waals surface area contributed by atoms with Gasteiger partial charge in [-0.3, -0.25) is 4.79 Å². The number of nitrogens with zero attached hydrogens (tertiary/aromatic N) is 1. The predicted octanol–water partition coefficient (Wildman–Crippen LogP) is 2.32. The van der Waals surface area contributed by atoms with Gasteiger partial charge >= 0.3 is 12.0 Å². The molecule has 5 heteroatoms. The number of carbonyl (C=O) groups excluding carboxylic acids is 1. The molecule has 19 heavy (non-hydrogen) atoms. The molecule has 0 aromatic carbocycles. The maximum atomic E-state index is 12.0. The van der Waals surface area contributed by atoms with Crippen molar-refractivity contribution < 1.29 is 14.7 Å². The Morgan fingerprint density at radius 1 is 1.37 bits per heavy atom. The van der Waals surface area contributed by atoms with Crippen LogP contribution in [-0.4, -0.2) is 41.6 Å². The van der Waals surface area contributed by atoms with Gasteiger partial charge in [-0.25, -0.2) is 4.79 Å². The van der Waals surface area contributed by atoms with E-state index in [1.807, 2.05) is 6.92 Å². The van der Waals surface area contributed by atoms with Crippen LogP contribution in [0.2, 0.25) is 0 Å². The molecule has 0 aromatic heterocycles. The van der Waals surface area contributed by atoms with Crippen molar-refractivity contribution in [2.24, 2.45) is 11.3 Å². The van der Waals surface area contributed by atoms with Crippen LogP contribution in [0.4, 0.5) is 4.79 Å². The van der Waals surface area contributed by atoms with Gasteiger partial charge in [0, 0.05) is 19.6 Å². The number of carboxylic acids is 1. The van der Waals surface area contributed by atoms with E-state index in [9.17, 15) is 9.59 Å². The lowest BCUT2D eigenvalue weighted by Crippen LogP contribution is -2.48. The van der Waals surface area contributed by atoms with Crippen LogP contribution in [0.3, 0.4) is 0 Å². The third-order valence-electron chi connectivity index (χ3n) is 3.81. The molecule has 0 unspecified atom stereocenters. The summed E-state index contributed by atoms with van der Waals surface area (Å²) in [6.45, 7) is 8.00. The maximum Gasteiger partial charge on any atom is 0.317 e. The molecule has 2 amide bonds. The van der Waals surface area contributed by atoms with Crippen molar-refractivity contribution in [1.82, 2.24) is 10.2 Å². The van der Waals surface area contributed by atoms with E-state index < -0.39 is 5.97 Å². The van der Waals surface area contributed by atoms with Gasteiger partial charge in [0.15, 0.2) is 0 Å². The number of rotatable bonds is 7. The molecule has 1 fully saturated rings. The van der Waals surface area contributed by atoms with Gasteiger partial charge in [-0.05, 0) is 31.1 Å². The first kappa shape index (κ1) is 15.8. The molecule has 0 aliphatic heterocycles. The highest BCUT2D eigenvalue weighted by Gasteiger charge is 2.39. The Bertz CT molecular complexity index is 325. The highest BCUT2D eigenvalue weighted by Crippen LogP contribution is 2.43. The highest BCUT2D eigenvalue weighted by atomic mass is 16.4. The molecule has 1 rings (SSSR count).